The third-order valence-electron chi connectivity index (χ3n) is 6.71. The van der Waals surface area contributed by atoms with Gasteiger partial charge in [0.05, 0.1) is 13.2 Å². The van der Waals surface area contributed by atoms with Crippen molar-refractivity contribution >= 4 is 5.91 Å². The van der Waals surface area contributed by atoms with Crippen molar-refractivity contribution in [1.29, 1.82) is 0 Å². The lowest BCUT2D eigenvalue weighted by Gasteiger charge is -2.29. The molecule has 4 heterocycles. The van der Waals surface area contributed by atoms with Gasteiger partial charge in [-0.25, -0.2) is 9.97 Å². The van der Waals surface area contributed by atoms with Crippen LogP contribution in [0.5, 0.6) is 11.8 Å². The third kappa shape index (κ3) is 5.74. The van der Waals surface area contributed by atoms with Crippen molar-refractivity contribution in [2.75, 3.05) is 32.8 Å². The van der Waals surface area contributed by atoms with Gasteiger partial charge in [0.1, 0.15) is 5.75 Å². The van der Waals surface area contributed by atoms with Gasteiger partial charge >= 0.3 is 6.01 Å². The van der Waals surface area contributed by atoms with Crippen LogP contribution in [0.15, 0.2) is 42.7 Å². The molecule has 1 aromatic carbocycles. The van der Waals surface area contributed by atoms with Crippen LogP contribution in [-0.2, 0) is 30.8 Å². The predicted octanol–water partition coefficient (Wildman–Crippen LogP) is 3.54. The first kappa shape index (κ1) is 24.4. The fourth-order valence-corrected chi connectivity index (χ4v) is 4.70. The zero-order valence-corrected chi connectivity index (χ0v) is 21.1. The summed E-state index contributed by atoms with van der Waals surface area (Å²) in [6.45, 7) is 10.2. The number of amides is 1. The average Bonchev–Trinajstić information content (AvgIpc) is 3.27. The normalized spacial score (nSPS) is 16.2. The summed E-state index contributed by atoms with van der Waals surface area (Å²) in [4.78, 5) is 25.9. The van der Waals surface area contributed by atoms with E-state index in [0.29, 0.717) is 49.7 Å². The molecule has 0 spiro atoms. The molecule has 1 saturated heterocycles. The van der Waals surface area contributed by atoms with Crippen LogP contribution in [0.3, 0.4) is 0 Å². The molecule has 9 nitrogen and oxygen atoms in total. The molecule has 36 heavy (non-hydrogen) atoms. The summed E-state index contributed by atoms with van der Waals surface area (Å²) in [6, 6.07) is 10.1. The quantitative estimate of drug-likeness (QED) is 0.477. The van der Waals surface area contributed by atoms with Gasteiger partial charge in [0, 0.05) is 69.3 Å². The van der Waals surface area contributed by atoms with Gasteiger partial charge in [-0.05, 0) is 36.1 Å². The molecule has 0 saturated carbocycles. The van der Waals surface area contributed by atoms with E-state index in [0.717, 1.165) is 44.6 Å². The maximum absolute atomic E-state index is 13.4. The summed E-state index contributed by atoms with van der Waals surface area (Å²) in [5.74, 6) is 1.32. The van der Waals surface area contributed by atoms with Crippen molar-refractivity contribution < 1.29 is 14.3 Å². The van der Waals surface area contributed by atoms with Crippen LogP contribution < -0.4 is 4.74 Å². The van der Waals surface area contributed by atoms with Crippen LogP contribution in [0.4, 0.5) is 0 Å². The molecule has 0 N–H and O–H groups in total. The number of hydrogen-bond donors (Lipinski definition) is 0. The van der Waals surface area contributed by atoms with Crippen molar-refractivity contribution in [2.45, 2.75) is 46.3 Å². The molecular formula is C27H34N6O3. The molecule has 0 atom stereocenters. The number of aryl methyl sites for hydroxylation is 1. The summed E-state index contributed by atoms with van der Waals surface area (Å²) in [5, 5.41) is 4.86. The number of morpholine rings is 1. The van der Waals surface area contributed by atoms with Crippen molar-refractivity contribution in [3.63, 3.8) is 0 Å². The van der Waals surface area contributed by atoms with E-state index in [1.54, 1.807) is 18.5 Å². The first-order chi connectivity index (χ1) is 17.6. The highest BCUT2D eigenvalue weighted by Crippen LogP contribution is 2.27. The van der Waals surface area contributed by atoms with Gasteiger partial charge in [-0.1, -0.05) is 26.0 Å². The molecule has 1 amide bonds. The summed E-state index contributed by atoms with van der Waals surface area (Å²) < 4.78 is 13.3. The van der Waals surface area contributed by atoms with E-state index in [1.165, 1.54) is 11.3 Å². The maximum atomic E-state index is 13.4. The number of aromatic nitrogens is 4. The van der Waals surface area contributed by atoms with E-state index < -0.39 is 0 Å². The first-order valence-electron chi connectivity index (χ1n) is 12.8. The molecule has 3 aromatic rings. The van der Waals surface area contributed by atoms with Gasteiger partial charge in [0.25, 0.3) is 5.91 Å². The molecule has 0 bridgehead atoms. The van der Waals surface area contributed by atoms with Gasteiger partial charge < -0.3 is 14.4 Å². The maximum Gasteiger partial charge on any atom is 0.321 e. The number of rotatable bonds is 8. The van der Waals surface area contributed by atoms with Crippen molar-refractivity contribution in [3.05, 3.63) is 65.2 Å². The molecular weight excluding hydrogens is 456 g/mol. The van der Waals surface area contributed by atoms with Crippen molar-refractivity contribution in [3.8, 4) is 11.8 Å². The Kier molecular flexibility index (Phi) is 7.58. The van der Waals surface area contributed by atoms with E-state index in [1.807, 2.05) is 17.0 Å². The highest BCUT2D eigenvalue weighted by Gasteiger charge is 2.31. The Labute approximate surface area is 212 Å². The third-order valence-corrected chi connectivity index (χ3v) is 6.71. The Morgan fingerprint density at radius 2 is 1.83 bits per heavy atom. The van der Waals surface area contributed by atoms with Crippen molar-refractivity contribution in [2.24, 2.45) is 5.92 Å². The Balaban J connectivity index is 1.30. The molecule has 5 rings (SSSR count). The minimum Gasteiger partial charge on any atom is -0.424 e. The minimum atomic E-state index is 0.0318. The highest BCUT2D eigenvalue weighted by atomic mass is 16.5. The van der Waals surface area contributed by atoms with E-state index >= 15 is 0 Å². The topological polar surface area (TPSA) is 85.6 Å². The Bertz CT molecular complexity index is 1160. The lowest BCUT2D eigenvalue weighted by molar-refractivity contribution is 0.0297. The zero-order chi connectivity index (χ0) is 24.9. The summed E-state index contributed by atoms with van der Waals surface area (Å²) in [7, 11) is 0. The number of carbonyl (C=O) groups excluding carboxylic acids is 1. The van der Waals surface area contributed by atoms with Crippen LogP contribution in [0.25, 0.3) is 0 Å². The molecule has 2 aromatic heterocycles. The molecule has 2 aliphatic rings. The average molecular weight is 491 g/mol. The second-order valence-electron chi connectivity index (χ2n) is 9.82. The van der Waals surface area contributed by atoms with E-state index in [2.05, 4.69) is 45.5 Å². The van der Waals surface area contributed by atoms with Crippen molar-refractivity contribution in [1.82, 2.24) is 29.5 Å². The molecule has 0 aliphatic carbocycles. The highest BCUT2D eigenvalue weighted by molar-refractivity contribution is 5.94. The number of hydrogen-bond acceptors (Lipinski definition) is 7. The molecule has 1 fully saturated rings. The number of benzene rings is 1. The fourth-order valence-electron chi connectivity index (χ4n) is 4.70. The molecule has 0 unspecified atom stereocenters. The molecule has 9 heteroatoms. The van der Waals surface area contributed by atoms with Crippen LogP contribution in [0, 0.1) is 5.92 Å². The van der Waals surface area contributed by atoms with E-state index in [9.17, 15) is 4.79 Å². The molecule has 0 radical (unpaired) electrons. The molecule has 190 valence electrons. The van der Waals surface area contributed by atoms with Gasteiger partial charge in [-0.15, -0.1) is 0 Å². The van der Waals surface area contributed by atoms with Crippen LogP contribution in [0.1, 0.15) is 47.6 Å². The standard InChI is InChI=1S/C27H34N6O3/c1-20(2)8-13-33-24-9-12-31(19-23(24)25(30-33)26(34)32-14-16-35-17-15-32)18-21-4-6-22(7-5-21)36-27-28-10-3-11-29-27/h3-7,10-11,20H,8-9,12-19H2,1-2H3. The lowest BCUT2D eigenvalue weighted by atomic mass is 10.0. The SMILES string of the molecule is CC(C)CCn1nc(C(=O)N2CCOCC2)c2c1CCN(Cc1ccc(Oc3ncccn3)cc1)C2. The van der Waals surface area contributed by atoms with E-state index in [-0.39, 0.29) is 5.91 Å². The molecule has 2 aliphatic heterocycles. The van der Waals surface area contributed by atoms with Crippen LogP contribution in [-0.4, -0.2) is 68.3 Å². The summed E-state index contributed by atoms with van der Waals surface area (Å²) >= 11 is 0. The smallest absolute Gasteiger partial charge is 0.321 e. The number of nitrogens with zero attached hydrogens (tertiary/aromatic N) is 6. The predicted molar refractivity (Wildman–Crippen MR) is 135 cm³/mol. The van der Waals surface area contributed by atoms with E-state index in [4.69, 9.17) is 14.6 Å². The van der Waals surface area contributed by atoms with Crippen LogP contribution in [0.2, 0.25) is 0 Å². The fraction of sp³-hybridized carbons (Fsp3) is 0.481. The zero-order valence-electron chi connectivity index (χ0n) is 21.1. The van der Waals surface area contributed by atoms with Crippen LogP contribution >= 0.6 is 0 Å². The summed E-state index contributed by atoms with van der Waals surface area (Å²) in [5.41, 5.74) is 4.11. The number of ether oxygens (including phenoxy) is 2. The van der Waals surface area contributed by atoms with Gasteiger partial charge in [-0.2, -0.15) is 5.10 Å². The second kappa shape index (κ2) is 11.2. The summed E-state index contributed by atoms with van der Waals surface area (Å²) in [6.07, 6.45) is 5.25. The Morgan fingerprint density at radius 3 is 2.56 bits per heavy atom. The number of fused-ring (bicyclic) bond motifs is 1. The number of carbonyl (C=O) groups is 1. The first-order valence-corrected chi connectivity index (χ1v) is 12.8. The van der Waals surface area contributed by atoms with Gasteiger partial charge in [0.15, 0.2) is 5.69 Å². The minimum absolute atomic E-state index is 0.0318. The second-order valence-corrected chi connectivity index (χ2v) is 9.82. The monoisotopic (exact) mass is 490 g/mol. The lowest BCUT2D eigenvalue weighted by Crippen LogP contribution is -2.41. The Hall–Kier alpha value is -3.30. The Morgan fingerprint density at radius 1 is 1.08 bits per heavy atom. The van der Waals surface area contributed by atoms with Gasteiger partial charge in [0.2, 0.25) is 0 Å². The van der Waals surface area contributed by atoms with Gasteiger partial charge in [-0.3, -0.25) is 14.4 Å². The largest absolute Gasteiger partial charge is 0.424 e.